The molecule has 4 aliphatic heterocycles. The number of aromatic nitrogens is 2. The second kappa shape index (κ2) is 25.5. The highest BCUT2D eigenvalue weighted by Gasteiger charge is 2.52. The maximum atomic E-state index is 13.8. The van der Waals surface area contributed by atoms with Crippen molar-refractivity contribution in [1.29, 1.82) is 0 Å². The summed E-state index contributed by atoms with van der Waals surface area (Å²) in [4.78, 5) is 74.6. The van der Waals surface area contributed by atoms with Crippen LogP contribution in [0.25, 0.3) is 21.8 Å². The normalized spacial score (nSPS) is 22.2. The lowest BCUT2D eigenvalue weighted by molar-refractivity contribution is -0.150. The molecule has 18 nitrogen and oxygen atoms in total. The van der Waals surface area contributed by atoms with E-state index in [1.807, 2.05) is 103 Å². The minimum atomic E-state index is -0.771. The fraction of sp³-hybridized carbons (Fsp3) is 0.370. The molecule has 4 aromatic carbocycles. The number of carbonyl (C=O) groups excluding carboxylic acids is 4. The molecule has 8 atom stereocenters. The molecule has 2 unspecified atom stereocenters. The largest absolute Gasteiger partial charge is 0.483 e. The Morgan fingerprint density at radius 3 is 1.39 bits per heavy atom. The average Bonchev–Trinajstić information content (AvgIpc) is 4.22. The van der Waals surface area contributed by atoms with Crippen LogP contribution in [0.15, 0.2) is 119 Å². The summed E-state index contributed by atoms with van der Waals surface area (Å²) in [6.45, 7) is 4.70. The van der Waals surface area contributed by atoms with Gasteiger partial charge >= 0.3 is 17.9 Å². The van der Waals surface area contributed by atoms with Gasteiger partial charge in [0.1, 0.15) is 47.9 Å². The number of hydrogen-bond acceptors (Lipinski definition) is 16. The van der Waals surface area contributed by atoms with E-state index in [0.717, 1.165) is 11.1 Å². The van der Waals surface area contributed by atoms with Crippen molar-refractivity contribution in [1.82, 2.24) is 9.13 Å². The predicted octanol–water partition coefficient (Wildman–Crippen LogP) is 6.05. The number of para-hydroxylation sites is 2. The van der Waals surface area contributed by atoms with E-state index in [2.05, 4.69) is 0 Å². The molecule has 0 amide bonds. The van der Waals surface area contributed by atoms with E-state index in [9.17, 15) is 33.9 Å². The molecule has 0 aliphatic carbocycles. The fourth-order valence-corrected chi connectivity index (χ4v) is 9.35. The first-order valence-electron chi connectivity index (χ1n) is 24.1. The number of fused-ring (bicyclic) bond motifs is 4. The van der Waals surface area contributed by atoms with Gasteiger partial charge in [-0.3, -0.25) is 19.2 Å². The SMILES string of the molecule is CCOC(=O)c1c(OC2CO[C@@H]3[C@@H](OC(=O)CCl)CO[C@H]23)c2ccccc2n(Cc2ccccc2)c1=O.CCOC(=O)c1c(OC2CO[C@H]3[C@@H]2OC[C@@H]3O)c2ccccc2n(Cc2ccccc2)c1=O.O=C(Cl)CCl. The topological polar surface area (TPSA) is 216 Å². The number of hydrogen-bond donors (Lipinski definition) is 1. The lowest BCUT2D eigenvalue weighted by Crippen LogP contribution is -2.37. The summed E-state index contributed by atoms with van der Waals surface area (Å²) in [5.41, 5.74) is 1.71. The molecular weight excluding hydrogens is 1040 g/mol. The van der Waals surface area contributed by atoms with Crippen molar-refractivity contribution in [2.24, 2.45) is 0 Å². The molecule has 4 aliphatic rings. The minimum absolute atomic E-state index is 0.0944. The van der Waals surface area contributed by atoms with E-state index in [1.165, 1.54) is 0 Å². The van der Waals surface area contributed by atoms with Gasteiger partial charge in [-0.05, 0) is 60.8 Å². The maximum absolute atomic E-state index is 13.8. The Balaban J connectivity index is 0.000000184. The molecule has 4 fully saturated rings. The van der Waals surface area contributed by atoms with E-state index in [-0.39, 0.29) is 80.6 Å². The number of ether oxygens (including phenoxy) is 9. The summed E-state index contributed by atoms with van der Waals surface area (Å²) < 4.78 is 54.6. The van der Waals surface area contributed by atoms with Crippen molar-refractivity contribution < 1.29 is 66.9 Å². The Kier molecular flexibility index (Phi) is 18.6. The van der Waals surface area contributed by atoms with Crippen LogP contribution in [0, 0.1) is 0 Å². The second-order valence-corrected chi connectivity index (χ2v) is 18.3. The van der Waals surface area contributed by atoms with Gasteiger partial charge in [0.15, 0.2) is 29.4 Å². The van der Waals surface area contributed by atoms with Gasteiger partial charge in [0.05, 0.1) is 69.6 Å². The molecule has 2 aromatic heterocycles. The Labute approximate surface area is 444 Å². The Morgan fingerprint density at radius 2 is 0.947 bits per heavy atom. The van der Waals surface area contributed by atoms with Crippen LogP contribution in [0.2, 0.25) is 0 Å². The Morgan fingerprint density at radius 1 is 0.560 bits per heavy atom. The first-order valence-corrected chi connectivity index (χ1v) is 25.5. The summed E-state index contributed by atoms with van der Waals surface area (Å²) in [6.07, 6.45) is -4.67. The van der Waals surface area contributed by atoms with Crippen LogP contribution in [0.3, 0.4) is 0 Å². The van der Waals surface area contributed by atoms with Crippen molar-refractivity contribution in [3.05, 3.63) is 152 Å². The summed E-state index contributed by atoms with van der Waals surface area (Å²) in [5, 5.41) is 10.7. The Hall–Kier alpha value is -6.35. The molecule has 0 bridgehead atoms. The number of aliphatic hydroxyl groups is 1. The van der Waals surface area contributed by atoms with Crippen LogP contribution in [-0.4, -0.2) is 138 Å². The number of pyridine rings is 2. The fourth-order valence-electron chi connectivity index (χ4n) is 9.29. The van der Waals surface area contributed by atoms with Gasteiger partial charge < -0.3 is 56.9 Å². The van der Waals surface area contributed by atoms with Gasteiger partial charge in [-0.25, -0.2) is 9.59 Å². The van der Waals surface area contributed by atoms with Crippen LogP contribution < -0.4 is 20.6 Å². The van der Waals surface area contributed by atoms with E-state index in [0.29, 0.717) is 28.4 Å². The molecular formula is C54H53Cl3N2O16. The van der Waals surface area contributed by atoms with E-state index in [4.69, 9.17) is 77.4 Å². The van der Waals surface area contributed by atoms with Crippen molar-refractivity contribution >= 4 is 79.8 Å². The summed E-state index contributed by atoms with van der Waals surface area (Å²) >= 11 is 15.1. The highest BCUT2D eigenvalue weighted by Crippen LogP contribution is 2.37. The number of halogens is 3. The van der Waals surface area contributed by atoms with Crippen LogP contribution in [0.5, 0.6) is 11.5 Å². The van der Waals surface area contributed by atoms with Gasteiger partial charge in [-0.15, -0.1) is 23.2 Å². The van der Waals surface area contributed by atoms with E-state index >= 15 is 0 Å². The number of nitrogens with zero attached hydrogens (tertiary/aromatic N) is 2. The number of benzene rings is 4. The molecule has 0 saturated carbocycles. The van der Waals surface area contributed by atoms with Gasteiger partial charge in [0.2, 0.25) is 5.24 Å². The summed E-state index contributed by atoms with van der Waals surface area (Å²) in [7, 11) is 0. The molecule has 0 spiro atoms. The highest BCUT2D eigenvalue weighted by atomic mass is 35.5. The average molecular weight is 1090 g/mol. The molecule has 0 radical (unpaired) electrons. The molecule has 75 heavy (non-hydrogen) atoms. The minimum Gasteiger partial charge on any atom is -0.483 e. The maximum Gasteiger partial charge on any atom is 0.347 e. The van der Waals surface area contributed by atoms with Crippen molar-refractivity contribution in [2.75, 3.05) is 51.4 Å². The predicted molar refractivity (Wildman–Crippen MR) is 275 cm³/mol. The molecule has 6 aromatic rings. The third-order valence-electron chi connectivity index (χ3n) is 12.6. The zero-order valence-electron chi connectivity index (χ0n) is 40.7. The van der Waals surface area contributed by atoms with Crippen LogP contribution in [0.4, 0.5) is 0 Å². The quantitative estimate of drug-likeness (QED) is 0.0537. The first kappa shape index (κ1) is 54.9. The number of alkyl halides is 2. The zero-order chi connectivity index (χ0) is 53.2. The third-order valence-corrected chi connectivity index (χ3v) is 13.3. The number of esters is 3. The van der Waals surface area contributed by atoms with Crippen molar-refractivity contribution in [2.45, 2.75) is 75.8 Å². The van der Waals surface area contributed by atoms with Crippen molar-refractivity contribution in [3.8, 4) is 11.5 Å². The molecule has 10 rings (SSSR count). The smallest absolute Gasteiger partial charge is 0.347 e. The van der Waals surface area contributed by atoms with Crippen LogP contribution >= 0.6 is 34.8 Å². The van der Waals surface area contributed by atoms with Gasteiger partial charge in [-0.2, -0.15) is 0 Å². The van der Waals surface area contributed by atoms with Gasteiger partial charge in [0, 0.05) is 10.8 Å². The first-order chi connectivity index (χ1) is 36.4. The van der Waals surface area contributed by atoms with Gasteiger partial charge in [-0.1, -0.05) is 84.9 Å². The van der Waals surface area contributed by atoms with Crippen LogP contribution in [-0.2, 0) is 55.8 Å². The van der Waals surface area contributed by atoms with E-state index in [1.54, 1.807) is 29.0 Å². The van der Waals surface area contributed by atoms with Crippen molar-refractivity contribution in [3.63, 3.8) is 0 Å². The summed E-state index contributed by atoms with van der Waals surface area (Å²) in [6, 6.07) is 33.6. The van der Waals surface area contributed by atoms with E-state index < -0.39 is 83.1 Å². The molecule has 4 saturated heterocycles. The van der Waals surface area contributed by atoms with Crippen LogP contribution in [0.1, 0.15) is 45.7 Å². The lowest BCUT2D eigenvalue weighted by atomic mass is 10.1. The third kappa shape index (κ3) is 12.4. The number of carbonyl (C=O) groups is 4. The lowest BCUT2D eigenvalue weighted by Gasteiger charge is -2.22. The molecule has 1 N–H and O–H groups in total. The zero-order valence-corrected chi connectivity index (χ0v) is 42.9. The molecule has 21 heteroatoms. The van der Waals surface area contributed by atoms with Gasteiger partial charge in [0.25, 0.3) is 11.1 Å². The highest BCUT2D eigenvalue weighted by molar-refractivity contribution is 6.67. The molecule has 6 heterocycles. The number of aliphatic hydroxyl groups excluding tert-OH is 1. The standard InChI is InChI=1S/C27H26ClNO8.C25H25NO7.C2H2Cl2O/c1-2-33-27(32)22-23(37-20-15-35-24-19(14-34-25(20)24)36-21(30)12-28)17-10-6-7-11-18(17)29(26(22)31)13-16-8-4-3-5-9-16;1-2-30-25(29)20-21(33-19-14-32-22-18(27)13-31-23(19)22)16-10-6-7-11-17(16)26(24(20)28)12-15-8-4-3-5-9-15;3-1-2(4)5/h3-11,19-20,24-25H,2,12-15H2,1H3;3-11,18-19,22-23,27H,2,12-14H2,1H3;1H2/t19-,20?,24+,25+;18-,19?,22+,23+;/m00./s1. The Bertz CT molecular complexity index is 3120. The summed E-state index contributed by atoms with van der Waals surface area (Å²) in [5.74, 6) is -2.19. The number of rotatable bonds is 15. The monoisotopic (exact) mass is 1090 g/mol. The second-order valence-electron chi connectivity index (χ2n) is 17.4. The molecule has 396 valence electrons.